The summed E-state index contributed by atoms with van der Waals surface area (Å²) in [6.07, 6.45) is 1.20. The second-order valence-corrected chi connectivity index (χ2v) is 7.98. The van der Waals surface area contributed by atoms with Crippen LogP contribution in [0.15, 0.2) is 54.6 Å². The van der Waals surface area contributed by atoms with Crippen molar-refractivity contribution in [2.45, 2.75) is 51.6 Å². The Morgan fingerprint density at radius 2 is 1.48 bits per heavy atom. The Kier molecular flexibility index (Phi) is 9.60. The van der Waals surface area contributed by atoms with Crippen molar-refractivity contribution >= 4 is 23.8 Å². The van der Waals surface area contributed by atoms with E-state index < -0.39 is 35.8 Å². The van der Waals surface area contributed by atoms with Gasteiger partial charge in [0.05, 0.1) is 0 Å². The summed E-state index contributed by atoms with van der Waals surface area (Å²) in [6, 6.07) is 14.6. The van der Waals surface area contributed by atoms with Crippen LogP contribution in [0.4, 0.5) is 0 Å². The van der Waals surface area contributed by atoms with E-state index >= 15 is 0 Å². The Morgan fingerprint density at radius 3 is 1.97 bits per heavy atom. The topological polar surface area (TPSA) is 133 Å². The highest BCUT2D eigenvalue weighted by Crippen LogP contribution is 2.25. The molecule has 3 rings (SSSR count). The molecular weight excluding hydrogens is 424 g/mol. The summed E-state index contributed by atoms with van der Waals surface area (Å²) in [4.78, 5) is 46.8. The molecule has 3 atom stereocenters. The second kappa shape index (κ2) is 12.4. The van der Waals surface area contributed by atoms with Crippen molar-refractivity contribution in [3.05, 3.63) is 71.3 Å². The maximum absolute atomic E-state index is 12.5. The fourth-order valence-electron chi connectivity index (χ4n) is 3.14. The van der Waals surface area contributed by atoms with E-state index in [1.165, 1.54) is 17.5 Å². The molecule has 0 saturated carbocycles. The lowest BCUT2D eigenvalue weighted by Crippen LogP contribution is -2.54. The number of hydrogen-bond acceptors (Lipinski definition) is 4. The summed E-state index contributed by atoms with van der Waals surface area (Å²) < 4.78 is 0. The molecule has 4 N–H and O–H groups in total. The largest absolute Gasteiger partial charge is 0.481 e. The smallest absolute Gasteiger partial charge is 0.326 e. The summed E-state index contributed by atoms with van der Waals surface area (Å²) in [5, 5.41) is 22.8. The standard InChI is InChI=1S/C18H24N2O6.C7H6/c1-3-11(2)15(20-16(23)12-7-5-4-6-8-12)17(24)19-13(18(25)26)9-10-14(21)22;1-2-4-7-5-6(7)3-1/h4-8,11,13,15H,3,9-10H2,1-2H3,(H,19,24)(H,20,23)(H,21,22)(H,25,26);1-4H,5H2. The first-order valence-electron chi connectivity index (χ1n) is 10.9. The molecule has 0 saturated heterocycles. The van der Waals surface area contributed by atoms with E-state index in [1.54, 1.807) is 37.3 Å². The van der Waals surface area contributed by atoms with Crippen molar-refractivity contribution in [1.82, 2.24) is 10.6 Å². The fraction of sp³-hybridized carbons (Fsp3) is 0.360. The van der Waals surface area contributed by atoms with Crippen LogP contribution in [-0.4, -0.2) is 46.0 Å². The van der Waals surface area contributed by atoms with Crippen LogP contribution in [0.3, 0.4) is 0 Å². The number of carbonyl (C=O) groups excluding carboxylic acids is 2. The molecule has 3 unspecified atom stereocenters. The molecule has 0 aromatic heterocycles. The molecule has 2 amide bonds. The van der Waals surface area contributed by atoms with Crippen LogP contribution in [-0.2, 0) is 20.8 Å². The van der Waals surface area contributed by atoms with Gasteiger partial charge in [0.15, 0.2) is 0 Å². The van der Waals surface area contributed by atoms with Crippen molar-refractivity contribution in [3.63, 3.8) is 0 Å². The van der Waals surface area contributed by atoms with Crippen LogP contribution >= 0.6 is 0 Å². The van der Waals surface area contributed by atoms with Gasteiger partial charge in [0.2, 0.25) is 5.91 Å². The van der Waals surface area contributed by atoms with Gasteiger partial charge in [-0.3, -0.25) is 14.4 Å². The molecule has 33 heavy (non-hydrogen) atoms. The zero-order chi connectivity index (χ0) is 24.4. The molecule has 0 spiro atoms. The van der Waals surface area contributed by atoms with E-state index in [1.807, 2.05) is 6.92 Å². The molecule has 1 aliphatic rings. The Bertz CT molecular complexity index is 955. The maximum Gasteiger partial charge on any atom is 0.326 e. The van der Waals surface area contributed by atoms with Gasteiger partial charge in [-0.25, -0.2) is 4.79 Å². The average Bonchev–Trinajstić information content (AvgIpc) is 3.60. The Balaban J connectivity index is 0.000000456. The summed E-state index contributed by atoms with van der Waals surface area (Å²) in [7, 11) is 0. The normalized spacial score (nSPS) is 13.8. The quantitative estimate of drug-likeness (QED) is 0.372. The number of benzene rings is 2. The molecule has 0 fully saturated rings. The molecule has 2 aromatic rings. The Labute approximate surface area is 193 Å². The van der Waals surface area contributed by atoms with Crippen LogP contribution in [0.5, 0.6) is 0 Å². The average molecular weight is 455 g/mol. The van der Waals surface area contributed by atoms with Gasteiger partial charge in [0.1, 0.15) is 12.1 Å². The third-order valence-electron chi connectivity index (χ3n) is 5.45. The molecule has 8 nitrogen and oxygen atoms in total. The number of carboxylic acids is 2. The lowest BCUT2D eigenvalue weighted by atomic mass is 9.97. The van der Waals surface area contributed by atoms with Crippen molar-refractivity contribution in [2.75, 3.05) is 0 Å². The van der Waals surface area contributed by atoms with Gasteiger partial charge in [0, 0.05) is 12.0 Å². The van der Waals surface area contributed by atoms with Gasteiger partial charge in [-0.05, 0) is 42.0 Å². The summed E-state index contributed by atoms with van der Waals surface area (Å²) in [6.45, 7) is 3.61. The summed E-state index contributed by atoms with van der Waals surface area (Å²) in [5.74, 6) is -3.81. The molecular formula is C25H30N2O6. The van der Waals surface area contributed by atoms with Crippen molar-refractivity contribution in [3.8, 4) is 0 Å². The highest BCUT2D eigenvalue weighted by Gasteiger charge is 2.30. The number of aliphatic carboxylic acids is 2. The molecule has 0 aliphatic heterocycles. The van der Waals surface area contributed by atoms with Crippen molar-refractivity contribution in [2.24, 2.45) is 5.92 Å². The zero-order valence-electron chi connectivity index (χ0n) is 18.8. The first-order valence-corrected chi connectivity index (χ1v) is 10.9. The van der Waals surface area contributed by atoms with Crippen LogP contribution in [0, 0.1) is 5.92 Å². The van der Waals surface area contributed by atoms with Gasteiger partial charge in [-0.1, -0.05) is 62.7 Å². The predicted molar refractivity (Wildman–Crippen MR) is 123 cm³/mol. The Hall–Kier alpha value is -3.68. The minimum Gasteiger partial charge on any atom is -0.481 e. The number of nitrogens with one attached hydrogen (secondary N) is 2. The van der Waals surface area contributed by atoms with E-state index in [9.17, 15) is 24.3 Å². The maximum atomic E-state index is 12.5. The third-order valence-corrected chi connectivity index (χ3v) is 5.45. The SMILES string of the molecule is CCC(C)C(NC(=O)c1ccccc1)C(=O)NC(CCC(=O)O)C(=O)O.c1ccc2c(c1)C2. The molecule has 0 bridgehead atoms. The van der Waals surface area contributed by atoms with Crippen LogP contribution in [0.1, 0.15) is 54.6 Å². The van der Waals surface area contributed by atoms with Gasteiger partial charge < -0.3 is 20.8 Å². The number of carboxylic acid groups (broad SMARTS) is 2. The molecule has 0 radical (unpaired) electrons. The van der Waals surface area contributed by atoms with Gasteiger partial charge in [0.25, 0.3) is 5.91 Å². The van der Waals surface area contributed by atoms with Gasteiger partial charge in [-0.2, -0.15) is 0 Å². The fourth-order valence-corrected chi connectivity index (χ4v) is 3.14. The highest BCUT2D eigenvalue weighted by molar-refractivity contribution is 5.98. The molecule has 176 valence electrons. The lowest BCUT2D eigenvalue weighted by molar-refractivity contribution is -0.143. The van der Waals surface area contributed by atoms with Crippen molar-refractivity contribution < 1.29 is 29.4 Å². The summed E-state index contributed by atoms with van der Waals surface area (Å²) >= 11 is 0. The van der Waals surface area contributed by atoms with E-state index in [4.69, 9.17) is 5.11 Å². The van der Waals surface area contributed by atoms with E-state index in [-0.39, 0.29) is 18.8 Å². The van der Waals surface area contributed by atoms with Crippen LogP contribution in [0.25, 0.3) is 0 Å². The molecule has 8 heteroatoms. The van der Waals surface area contributed by atoms with Crippen LogP contribution in [0.2, 0.25) is 0 Å². The first kappa shape index (κ1) is 25.6. The second-order valence-electron chi connectivity index (χ2n) is 7.98. The van der Waals surface area contributed by atoms with Gasteiger partial charge >= 0.3 is 11.9 Å². The predicted octanol–water partition coefficient (Wildman–Crippen LogP) is 2.86. The molecule has 0 heterocycles. The van der Waals surface area contributed by atoms with E-state index in [0.29, 0.717) is 12.0 Å². The minimum absolute atomic E-state index is 0.239. The Morgan fingerprint density at radius 1 is 0.909 bits per heavy atom. The third kappa shape index (κ3) is 8.40. The lowest BCUT2D eigenvalue weighted by Gasteiger charge is -2.25. The van der Waals surface area contributed by atoms with Crippen molar-refractivity contribution in [1.29, 1.82) is 0 Å². The monoisotopic (exact) mass is 454 g/mol. The number of rotatable bonds is 10. The number of fused-ring (bicyclic) bond motifs is 1. The number of carbonyl (C=O) groups is 4. The van der Waals surface area contributed by atoms with E-state index in [2.05, 4.69) is 34.9 Å². The zero-order valence-corrected chi connectivity index (χ0v) is 18.8. The highest BCUT2D eigenvalue weighted by atomic mass is 16.4. The molecule has 1 aliphatic carbocycles. The van der Waals surface area contributed by atoms with Gasteiger partial charge in [-0.15, -0.1) is 0 Å². The summed E-state index contributed by atoms with van der Waals surface area (Å²) in [5.41, 5.74) is 3.44. The van der Waals surface area contributed by atoms with E-state index in [0.717, 1.165) is 0 Å². The number of amides is 2. The van der Waals surface area contributed by atoms with Crippen LogP contribution < -0.4 is 10.6 Å². The minimum atomic E-state index is -1.33. The number of hydrogen-bond donors (Lipinski definition) is 4. The first-order chi connectivity index (χ1) is 15.7. The molecule has 2 aromatic carbocycles.